The van der Waals surface area contributed by atoms with Crippen molar-refractivity contribution in [2.45, 2.75) is 0 Å². The number of benzene rings is 1. The standard InChI is InChI=1S/C9H14N4O2/c1-14-6-3-4-8(15-2)7(5-6)12-9(10)13-11/h3-5H,11H2,1-2H3,(H3,10,12,13). The Morgan fingerprint density at radius 1 is 1.33 bits per heavy atom. The van der Waals surface area contributed by atoms with E-state index in [1.807, 2.05) is 0 Å². The Balaban J connectivity index is 3.12. The molecule has 1 aromatic carbocycles. The van der Waals surface area contributed by atoms with Gasteiger partial charge >= 0.3 is 0 Å². The molecule has 0 spiro atoms. The predicted molar refractivity (Wildman–Crippen MR) is 58.2 cm³/mol. The van der Waals surface area contributed by atoms with E-state index in [2.05, 4.69) is 10.4 Å². The van der Waals surface area contributed by atoms with Crippen LogP contribution in [0.5, 0.6) is 11.5 Å². The molecule has 0 radical (unpaired) electrons. The number of guanidine groups is 1. The molecule has 1 rings (SSSR count). The Hall–Kier alpha value is -1.95. The van der Waals surface area contributed by atoms with Gasteiger partial charge in [-0.15, -0.1) is 0 Å². The molecule has 0 fully saturated rings. The number of nitrogens with two attached hydrogens (primary N) is 2. The van der Waals surface area contributed by atoms with Gasteiger partial charge < -0.3 is 15.2 Å². The lowest BCUT2D eigenvalue weighted by Gasteiger charge is -2.07. The fraction of sp³-hybridized carbons (Fsp3) is 0.222. The fourth-order valence-electron chi connectivity index (χ4n) is 1.05. The average Bonchev–Trinajstić information content (AvgIpc) is 2.28. The van der Waals surface area contributed by atoms with Crippen molar-refractivity contribution < 1.29 is 9.47 Å². The second kappa shape index (κ2) is 5.06. The molecular formula is C9H14N4O2. The molecule has 0 aliphatic rings. The number of methoxy groups -OCH3 is 2. The molecule has 6 heteroatoms. The molecule has 82 valence electrons. The Bertz CT molecular complexity index is 365. The summed E-state index contributed by atoms with van der Waals surface area (Å²) >= 11 is 0. The minimum atomic E-state index is 0.0987. The summed E-state index contributed by atoms with van der Waals surface area (Å²) in [5.41, 5.74) is 8.22. The van der Waals surface area contributed by atoms with Crippen LogP contribution in [-0.4, -0.2) is 20.2 Å². The second-order valence-electron chi connectivity index (χ2n) is 2.68. The molecule has 5 N–H and O–H groups in total. The fourth-order valence-corrected chi connectivity index (χ4v) is 1.05. The summed E-state index contributed by atoms with van der Waals surface area (Å²) in [5, 5.41) is 0. The zero-order chi connectivity index (χ0) is 11.3. The van der Waals surface area contributed by atoms with Crippen molar-refractivity contribution in [3.63, 3.8) is 0 Å². The Labute approximate surface area is 87.8 Å². The molecule has 0 atom stereocenters. The summed E-state index contributed by atoms with van der Waals surface area (Å²) in [5.74, 6) is 6.46. The van der Waals surface area contributed by atoms with E-state index in [0.29, 0.717) is 17.2 Å². The second-order valence-corrected chi connectivity index (χ2v) is 2.68. The molecule has 6 nitrogen and oxygen atoms in total. The number of hydrogen-bond donors (Lipinski definition) is 3. The lowest BCUT2D eigenvalue weighted by Crippen LogP contribution is -2.36. The summed E-state index contributed by atoms with van der Waals surface area (Å²) in [6.45, 7) is 0. The van der Waals surface area contributed by atoms with Crippen LogP contribution in [0.25, 0.3) is 0 Å². The molecule has 0 aliphatic carbocycles. The number of rotatable bonds is 3. The molecule has 0 saturated carbocycles. The van der Waals surface area contributed by atoms with E-state index in [1.165, 1.54) is 0 Å². The van der Waals surface area contributed by atoms with E-state index in [9.17, 15) is 0 Å². The van der Waals surface area contributed by atoms with E-state index in [1.54, 1.807) is 32.4 Å². The van der Waals surface area contributed by atoms with Crippen molar-refractivity contribution in [1.29, 1.82) is 0 Å². The monoisotopic (exact) mass is 210 g/mol. The molecule has 0 aliphatic heterocycles. The minimum Gasteiger partial charge on any atom is -0.497 e. The highest BCUT2D eigenvalue weighted by Crippen LogP contribution is 2.31. The molecule has 0 amide bonds. The van der Waals surface area contributed by atoms with Crippen LogP contribution in [0, 0.1) is 0 Å². The molecule has 0 aromatic heterocycles. The van der Waals surface area contributed by atoms with Gasteiger partial charge in [-0.1, -0.05) is 0 Å². The zero-order valence-corrected chi connectivity index (χ0v) is 8.65. The van der Waals surface area contributed by atoms with Crippen molar-refractivity contribution in [1.82, 2.24) is 5.43 Å². The topological polar surface area (TPSA) is 94.9 Å². The number of hydrazine groups is 1. The summed E-state index contributed by atoms with van der Waals surface area (Å²) < 4.78 is 10.2. The average molecular weight is 210 g/mol. The summed E-state index contributed by atoms with van der Waals surface area (Å²) in [7, 11) is 3.12. The Morgan fingerprint density at radius 2 is 2.07 bits per heavy atom. The minimum absolute atomic E-state index is 0.0987. The van der Waals surface area contributed by atoms with Gasteiger partial charge in [-0.25, -0.2) is 10.8 Å². The first-order valence-electron chi connectivity index (χ1n) is 4.24. The van der Waals surface area contributed by atoms with E-state index in [4.69, 9.17) is 21.1 Å². The van der Waals surface area contributed by atoms with Crippen molar-refractivity contribution >= 4 is 11.6 Å². The van der Waals surface area contributed by atoms with Crippen molar-refractivity contribution in [2.24, 2.45) is 16.6 Å². The Morgan fingerprint density at radius 3 is 2.60 bits per heavy atom. The Kier molecular flexibility index (Phi) is 3.75. The lowest BCUT2D eigenvalue weighted by molar-refractivity contribution is 0.404. The normalized spacial score (nSPS) is 11.0. The first-order valence-corrected chi connectivity index (χ1v) is 4.24. The maximum Gasteiger partial charge on any atom is 0.208 e. The third-order valence-electron chi connectivity index (χ3n) is 1.77. The summed E-state index contributed by atoms with van der Waals surface area (Å²) in [6.07, 6.45) is 0. The van der Waals surface area contributed by atoms with Gasteiger partial charge in [-0.05, 0) is 12.1 Å². The third-order valence-corrected chi connectivity index (χ3v) is 1.77. The third kappa shape index (κ3) is 2.75. The van der Waals surface area contributed by atoms with Crippen LogP contribution < -0.4 is 26.5 Å². The number of ether oxygens (including phenoxy) is 2. The van der Waals surface area contributed by atoms with Crippen LogP contribution >= 0.6 is 0 Å². The lowest BCUT2D eigenvalue weighted by atomic mass is 10.3. The number of aliphatic imine (C=N–C) groups is 1. The number of nitrogens with one attached hydrogen (secondary N) is 1. The van der Waals surface area contributed by atoms with Gasteiger partial charge in [0.25, 0.3) is 0 Å². The van der Waals surface area contributed by atoms with Gasteiger partial charge in [0, 0.05) is 6.07 Å². The highest BCUT2D eigenvalue weighted by Gasteiger charge is 2.04. The number of nitrogens with zero attached hydrogens (tertiary/aromatic N) is 1. The predicted octanol–water partition coefficient (Wildman–Crippen LogP) is 0.113. The largest absolute Gasteiger partial charge is 0.497 e. The van der Waals surface area contributed by atoms with Gasteiger partial charge in [0.2, 0.25) is 5.96 Å². The quantitative estimate of drug-likeness (QED) is 0.285. The summed E-state index contributed by atoms with van der Waals surface area (Å²) in [4.78, 5) is 4.01. The van der Waals surface area contributed by atoms with Crippen LogP contribution in [0.4, 0.5) is 5.69 Å². The molecule has 0 saturated heterocycles. The zero-order valence-electron chi connectivity index (χ0n) is 8.65. The molecule has 15 heavy (non-hydrogen) atoms. The van der Waals surface area contributed by atoms with Gasteiger partial charge in [-0.3, -0.25) is 5.43 Å². The maximum absolute atomic E-state index is 5.44. The van der Waals surface area contributed by atoms with Crippen LogP contribution in [-0.2, 0) is 0 Å². The molecular weight excluding hydrogens is 196 g/mol. The van der Waals surface area contributed by atoms with E-state index >= 15 is 0 Å². The maximum atomic E-state index is 5.44. The summed E-state index contributed by atoms with van der Waals surface area (Å²) in [6, 6.07) is 5.20. The van der Waals surface area contributed by atoms with E-state index in [0.717, 1.165) is 0 Å². The van der Waals surface area contributed by atoms with Crippen LogP contribution in [0.2, 0.25) is 0 Å². The van der Waals surface area contributed by atoms with Gasteiger partial charge in [0.05, 0.1) is 14.2 Å². The van der Waals surface area contributed by atoms with Crippen LogP contribution in [0.1, 0.15) is 0 Å². The highest BCUT2D eigenvalue weighted by atomic mass is 16.5. The van der Waals surface area contributed by atoms with Gasteiger partial charge in [-0.2, -0.15) is 0 Å². The smallest absolute Gasteiger partial charge is 0.208 e. The van der Waals surface area contributed by atoms with Crippen LogP contribution in [0.3, 0.4) is 0 Å². The number of hydrogen-bond acceptors (Lipinski definition) is 4. The van der Waals surface area contributed by atoms with Crippen LogP contribution in [0.15, 0.2) is 23.2 Å². The molecule has 1 aromatic rings. The first-order chi connectivity index (χ1) is 7.21. The highest BCUT2D eigenvalue weighted by molar-refractivity contribution is 5.81. The van der Waals surface area contributed by atoms with Gasteiger partial charge in [0.1, 0.15) is 17.2 Å². The van der Waals surface area contributed by atoms with E-state index in [-0.39, 0.29) is 5.96 Å². The molecule has 0 unspecified atom stereocenters. The molecule has 0 heterocycles. The van der Waals surface area contributed by atoms with Crippen molar-refractivity contribution in [3.05, 3.63) is 18.2 Å². The van der Waals surface area contributed by atoms with Gasteiger partial charge in [0.15, 0.2) is 0 Å². The molecule has 0 bridgehead atoms. The van der Waals surface area contributed by atoms with Crippen molar-refractivity contribution in [2.75, 3.05) is 14.2 Å². The first kappa shape index (κ1) is 11.1. The van der Waals surface area contributed by atoms with Crippen molar-refractivity contribution in [3.8, 4) is 11.5 Å². The SMILES string of the molecule is COc1ccc(OC)c(N=C(N)NN)c1. The van der Waals surface area contributed by atoms with E-state index < -0.39 is 0 Å².